The minimum Gasteiger partial charge on any atom is -0.481 e. The van der Waals surface area contributed by atoms with Crippen LogP contribution in [-0.4, -0.2) is 40.0 Å². The third-order valence-corrected chi connectivity index (χ3v) is 4.37. The van der Waals surface area contributed by atoms with E-state index < -0.39 is 5.97 Å². The lowest BCUT2D eigenvalue weighted by atomic mass is 9.93. The highest BCUT2D eigenvalue weighted by Crippen LogP contribution is 2.23. The van der Waals surface area contributed by atoms with Gasteiger partial charge >= 0.3 is 5.97 Å². The zero-order valence-corrected chi connectivity index (χ0v) is 12.4. The van der Waals surface area contributed by atoms with E-state index in [1.807, 2.05) is 35.4 Å². The number of aromatic nitrogens is 1. The molecule has 0 aliphatic carbocycles. The fourth-order valence-corrected chi connectivity index (χ4v) is 3.18. The van der Waals surface area contributed by atoms with E-state index >= 15 is 0 Å². The molecule has 1 aliphatic rings. The standard InChI is InChI=1S/C17H20N2O3/c20-16(21)6-3-12-2-1-9-19(11-12)17(22)14-5-4-13-7-8-18-15(13)10-14/h4-5,7-8,10,12,18H,1-3,6,9,11H2,(H,20,21)/t12-/m1/s1. The number of nitrogens with zero attached hydrogens (tertiary/aromatic N) is 1. The van der Waals surface area contributed by atoms with Crippen molar-refractivity contribution in [3.8, 4) is 0 Å². The number of rotatable bonds is 4. The normalized spacial score (nSPS) is 18.5. The number of carbonyl (C=O) groups excluding carboxylic acids is 1. The first-order valence-electron chi connectivity index (χ1n) is 7.71. The van der Waals surface area contributed by atoms with Crippen molar-refractivity contribution in [3.05, 3.63) is 36.0 Å². The highest BCUT2D eigenvalue weighted by molar-refractivity contribution is 5.98. The zero-order valence-electron chi connectivity index (χ0n) is 12.4. The summed E-state index contributed by atoms with van der Waals surface area (Å²) >= 11 is 0. The van der Waals surface area contributed by atoms with Crippen molar-refractivity contribution < 1.29 is 14.7 Å². The third-order valence-electron chi connectivity index (χ3n) is 4.37. The first-order chi connectivity index (χ1) is 10.6. The number of hydrogen-bond donors (Lipinski definition) is 2. The number of carboxylic acids is 1. The molecular formula is C17H20N2O3. The zero-order chi connectivity index (χ0) is 15.5. The summed E-state index contributed by atoms with van der Waals surface area (Å²) < 4.78 is 0. The maximum absolute atomic E-state index is 12.6. The molecule has 5 nitrogen and oxygen atoms in total. The second-order valence-electron chi connectivity index (χ2n) is 5.97. The molecule has 2 N–H and O–H groups in total. The Kier molecular flexibility index (Phi) is 4.13. The molecule has 2 heterocycles. The lowest BCUT2D eigenvalue weighted by Gasteiger charge is -2.32. The van der Waals surface area contributed by atoms with Crippen LogP contribution < -0.4 is 0 Å². The molecule has 1 saturated heterocycles. The highest BCUT2D eigenvalue weighted by Gasteiger charge is 2.25. The molecule has 0 saturated carbocycles. The second kappa shape index (κ2) is 6.22. The molecule has 0 spiro atoms. The maximum Gasteiger partial charge on any atom is 0.303 e. The molecule has 116 valence electrons. The van der Waals surface area contributed by atoms with E-state index in [1.54, 1.807) is 0 Å². The van der Waals surface area contributed by atoms with Gasteiger partial charge in [0.15, 0.2) is 0 Å². The largest absolute Gasteiger partial charge is 0.481 e. The summed E-state index contributed by atoms with van der Waals surface area (Å²) in [5.74, 6) is -0.430. The highest BCUT2D eigenvalue weighted by atomic mass is 16.4. The van der Waals surface area contributed by atoms with Crippen LogP contribution in [0.15, 0.2) is 30.5 Å². The Morgan fingerprint density at radius 3 is 3.00 bits per heavy atom. The number of aromatic amines is 1. The molecule has 5 heteroatoms. The molecule has 1 aromatic carbocycles. The SMILES string of the molecule is O=C(O)CC[C@H]1CCCN(C(=O)c2ccc3cc[nH]c3c2)C1. The molecule has 1 fully saturated rings. The molecule has 1 amide bonds. The van der Waals surface area contributed by atoms with Crippen LogP contribution in [0, 0.1) is 5.92 Å². The van der Waals surface area contributed by atoms with Gasteiger partial charge in [-0.15, -0.1) is 0 Å². The Morgan fingerprint density at radius 2 is 2.18 bits per heavy atom. The van der Waals surface area contributed by atoms with Crippen LogP contribution in [0.2, 0.25) is 0 Å². The summed E-state index contributed by atoms with van der Waals surface area (Å²) in [7, 11) is 0. The minimum absolute atomic E-state index is 0.0384. The topological polar surface area (TPSA) is 73.4 Å². The summed E-state index contributed by atoms with van der Waals surface area (Å²) in [6, 6.07) is 7.68. The first kappa shape index (κ1) is 14.6. The molecule has 0 radical (unpaired) electrons. The van der Waals surface area contributed by atoms with Crippen LogP contribution >= 0.6 is 0 Å². The molecule has 0 bridgehead atoms. The van der Waals surface area contributed by atoms with E-state index in [2.05, 4.69) is 4.98 Å². The number of carboxylic acid groups (broad SMARTS) is 1. The van der Waals surface area contributed by atoms with Crippen LogP contribution in [0.25, 0.3) is 10.9 Å². The predicted octanol–water partition coefficient (Wildman–Crippen LogP) is 2.88. The predicted molar refractivity (Wildman–Crippen MR) is 83.8 cm³/mol. The molecule has 1 atom stereocenters. The van der Waals surface area contributed by atoms with Gasteiger partial charge in [0.1, 0.15) is 0 Å². The van der Waals surface area contributed by atoms with Crippen LogP contribution in [0.1, 0.15) is 36.0 Å². The van der Waals surface area contributed by atoms with Crippen molar-refractivity contribution in [2.45, 2.75) is 25.7 Å². The van der Waals surface area contributed by atoms with Crippen molar-refractivity contribution >= 4 is 22.8 Å². The van der Waals surface area contributed by atoms with Gasteiger partial charge in [0.05, 0.1) is 0 Å². The van der Waals surface area contributed by atoms with Crippen molar-refractivity contribution in [1.82, 2.24) is 9.88 Å². The number of aliphatic carboxylic acids is 1. The maximum atomic E-state index is 12.6. The molecule has 0 unspecified atom stereocenters. The molecule has 1 aromatic heterocycles. The number of H-pyrrole nitrogens is 1. The summed E-state index contributed by atoms with van der Waals surface area (Å²) in [4.78, 5) is 28.3. The van der Waals surface area contributed by atoms with Crippen molar-refractivity contribution in [2.24, 2.45) is 5.92 Å². The number of piperidine rings is 1. The fraction of sp³-hybridized carbons (Fsp3) is 0.412. The van der Waals surface area contributed by atoms with Gasteiger partial charge in [-0.2, -0.15) is 0 Å². The average molecular weight is 300 g/mol. The van der Waals surface area contributed by atoms with Gasteiger partial charge in [-0.3, -0.25) is 9.59 Å². The summed E-state index contributed by atoms with van der Waals surface area (Å²) in [5.41, 5.74) is 1.65. The van der Waals surface area contributed by atoms with Crippen molar-refractivity contribution in [1.29, 1.82) is 0 Å². The van der Waals surface area contributed by atoms with Gasteiger partial charge in [0.25, 0.3) is 5.91 Å². The fourth-order valence-electron chi connectivity index (χ4n) is 3.18. The number of likely N-dealkylation sites (tertiary alicyclic amines) is 1. The van der Waals surface area contributed by atoms with Gasteiger partial charge in [-0.05, 0) is 48.8 Å². The van der Waals surface area contributed by atoms with E-state index in [0.717, 1.165) is 30.3 Å². The Labute approximate surface area is 128 Å². The number of nitrogens with one attached hydrogen (secondary N) is 1. The van der Waals surface area contributed by atoms with Gasteiger partial charge in [-0.1, -0.05) is 6.07 Å². The van der Waals surface area contributed by atoms with Gasteiger partial charge < -0.3 is 15.0 Å². The van der Waals surface area contributed by atoms with E-state index in [0.29, 0.717) is 24.4 Å². The quantitative estimate of drug-likeness (QED) is 0.912. The third kappa shape index (κ3) is 3.13. The van der Waals surface area contributed by atoms with Crippen LogP contribution in [0.4, 0.5) is 0 Å². The van der Waals surface area contributed by atoms with Crippen LogP contribution in [0.3, 0.4) is 0 Å². The monoisotopic (exact) mass is 300 g/mol. The van der Waals surface area contributed by atoms with E-state index in [4.69, 9.17) is 5.11 Å². The first-order valence-corrected chi connectivity index (χ1v) is 7.71. The molecule has 22 heavy (non-hydrogen) atoms. The Morgan fingerprint density at radius 1 is 1.32 bits per heavy atom. The number of carbonyl (C=O) groups is 2. The Balaban J connectivity index is 1.69. The molecule has 1 aliphatic heterocycles. The lowest BCUT2D eigenvalue weighted by molar-refractivity contribution is -0.137. The summed E-state index contributed by atoms with van der Waals surface area (Å²) in [6.07, 6.45) is 4.64. The summed E-state index contributed by atoms with van der Waals surface area (Å²) in [5, 5.41) is 9.89. The smallest absolute Gasteiger partial charge is 0.303 e. The van der Waals surface area contributed by atoms with Crippen LogP contribution in [-0.2, 0) is 4.79 Å². The lowest BCUT2D eigenvalue weighted by Crippen LogP contribution is -2.40. The minimum atomic E-state index is -0.763. The Hall–Kier alpha value is -2.30. The molecule has 3 rings (SSSR count). The average Bonchev–Trinajstić information content (AvgIpc) is 3.00. The van der Waals surface area contributed by atoms with E-state index in [9.17, 15) is 9.59 Å². The summed E-state index contributed by atoms with van der Waals surface area (Å²) in [6.45, 7) is 1.42. The van der Waals surface area contributed by atoms with Crippen molar-refractivity contribution in [2.75, 3.05) is 13.1 Å². The van der Waals surface area contributed by atoms with E-state index in [-0.39, 0.29) is 12.3 Å². The molecular weight excluding hydrogens is 280 g/mol. The number of amides is 1. The second-order valence-corrected chi connectivity index (χ2v) is 5.97. The van der Waals surface area contributed by atoms with E-state index in [1.165, 1.54) is 0 Å². The van der Waals surface area contributed by atoms with Crippen molar-refractivity contribution in [3.63, 3.8) is 0 Å². The van der Waals surface area contributed by atoms with Gasteiger partial charge in [-0.25, -0.2) is 0 Å². The number of benzene rings is 1. The Bertz CT molecular complexity index is 692. The molecule has 2 aromatic rings. The van der Waals surface area contributed by atoms with Gasteiger partial charge in [0, 0.05) is 36.8 Å². The van der Waals surface area contributed by atoms with Gasteiger partial charge in [0.2, 0.25) is 0 Å². The number of hydrogen-bond acceptors (Lipinski definition) is 2. The van der Waals surface area contributed by atoms with Crippen LogP contribution in [0.5, 0.6) is 0 Å². The number of fused-ring (bicyclic) bond motifs is 1.